The van der Waals surface area contributed by atoms with Gasteiger partial charge in [0.05, 0.1) is 5.56 Å². The number of rotatable bonds is 3. The molecule has 0 unspecified atom stereocenters. The van der Waals surface area contributed by atoms with Crippen LogP contribution in [-0.4, -0.2) is 20.7 Å². The Morgan fingerprint density at radius 1 is 1.04 bits per heavy atom. The molecule has 1 amide bonds. The summed E-state index contributed by atoms with van der Waals surface area (Å²) in [6, 6.07) is 15.2. The number of nitrogens with zero attached hydrogens (tertiary/aromatic N) is 3. The number of hydrogen-bond acceptors (Lipinski definition) is 3. The maximum atomic E-state index is 12.5. The van der Waals surface area contributed by atoms with Crippen molar-refractivity contribution in [3.8, 4) is 11.4 Å². The number of nitrogens with one attached hydrogen (secondary N) is 1. The van der Waals surface area contributed by atoms with Crippen LogP contribution in [0.1, 0.15) is 35.4 Å². The zero-order valence-corrected chi connectivity index (χ0v) is 15.9. The van der Waals surface area contributed by atoms with E-state index in [1.165, 1.54) is 12.8 Å². The van der Waals surface area contributed by atoms with Crippen molar-refractivity contribution in [2.45, 2.75) is 32.2 Å². The SMILES string of the molecule is O=C(Nc1cccc(-c2nnc3n2CCCCC3)c1)c1ccccc1Br. The third-order valence-electron chi connectivity index (χ3n) is 4.61. The van der Waals surface area contributed by atoms with E-state index in [0.717, 1.165) is 46.8 Å². The van der Waals surface area contributed by atoms with Crippen molar-refractivity contribution in [1.82, 2.24) is 14.8 Å². The predicted octanol–water partition coefficient (Wildman–Crippen LogP) is 4.69. The summed E-state index contributed by atoms with van der Waals surface area (Å²) >= 11 is 3.42. The van der Waals surface area contributed by atoms with Gasteiger partial charge in [-0.05, 0) is 53.0 Å². The number of amides is 1. The van der Waals surface area contributed by atoms with Crippen molar-refractivity contribution in [2.24, 2.45) is 0 Å². The molecule has 0 saturated carbocycles. The van der Waals surface area contributed by atoms with E-state index in [1.807, 2.05) is 42.5 Å². The number of aryl methyl sites for hydroxylation is 1. The number of carbonyl (C=O) groups is 1. The van der Waals surface area contributed by atoms with Crippen LogP contribution in [-0.2, 0) is 13.0 Å². The van der Waals surface area contributed by atoms with Gasteiger partial charge < -0.3 is 9.88 Å². The van der Waals surface area contributed by atoms with Crippen LogP contribution in [0.2, 0.25) is 0 Å². The average Bonchev–Trinajstić information content (AvgIpc) is 2.91. The first-order valence-corrected chi connectivity index (χ1v) is 9.60. The first-order chi connectivity index (χ1) is 12.7. The first-order valence-electron chi connectivity index (χ1n) is 8.81. The third kappa shape index (κ3) is 3.42. The molecule has 2 aromatic carbocycles. The second-order valence-corrected chi connectivity index (χ2v) is 7.27. The average molecular weight is 411 g/mol. The number of fused-ring (bicyclic) bond motifs is 1. The molecule has 1 N–H and O–H groups in total. The lowest BCUT2D eigenvalue weighted by molar-refractivity contribution is 0.102. The molecule has 0 radical (unpaired) electrons. The van der Waals surface area contributed by atoms with Crippen LogP contribution < -0.4 is 5.32 Å². The predicted molar refractivity (Wildman–Crippen MR) is 105 cm³/mol. The molecule has 0 aliphatic carbocycles. The summed E-state index contributed by atoms with van der Waals surface area (Å²) in [6.07, 6.45) is 4.52. The van der Waals surface area contributed by atoms with Crippen LogP contribution in [0.4, 0.5) is 5.69 Å². The molecule has 0 bridgehead atoms. The molecule has 4 rings (SSSR count). The normalized spacial score (nSPS) is 13.7. The standard InChI is InChI=1S/C20H19BrN4O/c21-17-10-4-3-9-16(17)20(26)22-15-8-6-7-14(13-15)19-24-23-18-11-2-1-5-12-25(18)19/h3-4,6-10,13H,1-2,5,11-12H2,(H,22,26). The molecule has 1 aliphatic heterocycles. The van der Waals surface area contributed by atoms with Crippen LogP contribution in [0, 0.1) is 0 Å². The lowest BCUT2D eigenvalue weighted by Gasteiger charge is -2.10. The van der Waals surface area contributed by atoms with Gasteiger partial charge in [0.15, 0.2) is 5.82 Å². The van der Waals surface area contributed by atoms with E-state index < -0.39 is 0 Å². The number of hydrogen-bond donors (Lipinski definition) is 1. The second-order valence-electron chi connectivity index (χ2n) is 6.42. The van der Waals surface area contributed by atoms with Crippen LogP contribution in [0.3, 0.4) is 0 Å². The highest BCUT2D eigenvalue weighted by Crippen LogP contribution is 2.25. The Kier molecular flexibility index (Phi) is 4.84. The summed E-state index contributed by atoms with van der Waals surface area (Å²) in [5.41, 5.74) is 2.32. The first kappa shape index (κ1) is 17.0. The summed E-state index contributed by atoms with van der Waals surface area (Å²) in [5, 5.41) is 11.7. The molecule has 0 fully saturated rings. The zero-order valence-electron chi connectivity index (χ0n) is 14.3. The topological polar surface area (TPSA) is 59.8 Å². The fourth-order valence-electron chi connectivity index (χ4n) is 3.28. The Morgan fingerprint density at radius 2 is 1.92 bits per heavy atom. The third-order valence-corrected chi connectivity index (χ3v) is 5.30. The minimum absolute atomic E-state index is 0.144. The number of halogens is 1. The summed E-state index contributed by atoms with van der Waals surface area (Å²) < 4.78 is 2.98. The molecule has 132 valence electrons. The fourth-order valence-corrected chi connectivity index (χ4v) is 3.74. The summed E-state index contributed by atoms with van der Waals surface area (Å²) in [4.78, 5) is 12.5. The molecule has 6 heteroatoms. The lowest BCUT2D eigenvalue weighted by atomic mass is 10.1. The zero-order chi connectivity index (χ0) is 17.9. The summed E-state index contributed by atoms with van der Waals surface area (Å²) in [5.74, 6) is 1.79. The fraction of sp³-hybridized carbons (Fsp3) is 0.250. The molecule has 0 spiro atoms. The quantitative estimate of drug-likeness (QED) is 0.681. The van der Waals surface area contributed by atoms with Gasteiger partial charge in [-0.15, -0.1) is 10.2 Å². The molecule has 3 aromatic rings. The molecule has 26 heavy (non-hydrogen) atoms. The Bertz CT molecular complexity index is 950. The van der Waals surface area contributed by atoms with E-state index in [4.69, 9.17) is 0 Å². The van der Waals surface area contributed by atoms with Crippen molar-refractivity contribution in [3.05, 3.63) is 64.4 Å². The maximum Gasteiger partial charge on any atom is 0.256 e. The minimum atomic E-state index is -0.144. The van der Waals surface area contributed by atoms with E-state index in [2.05, 4.69) is 36.0 Å². The lowest BCUT2D eigenvalue weighted by Crippen LogP contribution is -2.12. The van der Waals surface area contributed by atoms with Crippen molar-refractivity contribution in [2.75, 3.05) is 5.32 Å². The van der Waals surface area contributed by atoms with E-state index in [0.29, 0.717) is 5.56 Å². The van der Waals surface area contributed by atoms with Gasteiger partial charge in [-0.2, -0.15) is 0 Å². The monoisotopic (exact) mass is 410 g/mol. The van der Waals surface area contributed by atoms with E-state index in [9.17, 15) is 4.79 Å². The molecule has 1 aromatic heterocycles. The Hall–Kier alpha value is -2.47. The van der Waals surface area contributed by atoms with Gasteiger partial charge in [-0.1, -0.05) is 30.7 Å². The largest absolute Gasteiger partial charge is 0.322 e. The molecule has 1 aliphatic rings. The van der Waals surface area contributed by atoms with Gasteiger partial charge in [0.1, 0.15) is 5.82 Å². The van der Waals surface area contributed by atoms with Gasteiger partial charge in [-0.25, -0.2) is 0 Å². The van der Waals surface area contributed by atoms with E-state index in [1.54, 1.807) is 6.07 Å². The highest BCUT2D eigenvalue weighted by Gasteiger charge is 2.16. The Labute approximate surface area is 160 Å². The van der Waals surface area contributed by atoms with Gasteiger partial charge in [0, 0.05) is 28.7 Å². The van der Waals surface area contributed by atoms with Crippen LogP contribution in [0.25, 0.3) is 11.4 Å². The van der Waals surface area contributed by atoms with Crippen LogP contribution >= 0.6 is 15.9 Å². The summed E-state index contributed by atoms with van der Waals surface area (Å²) in [6.45, 7) is 0.950. The van der Waals surface area contributed by atoms with Gasteiger partial charge >= 0.3 is 0 Å². The summed E-state index contributed by atoms with van der Waals surface area (Å²) in [7, 11) is 0. The number of aromatic nitrogens is 3. The molecule has 0 saturated heterocycles. The smallest absolute Gasteiger partial charge is 0.256 e. The van der Waals surface area contributed by atoms with Crippen LogP contribution in [0.15, 0.2) is 53.0 Å². The van der Waals surface area contributed by atoms with Crippen molar-refractivity contribution in [1.29, 1.82) is 0 Å². The molecular weight excluding hydrogens is 392 g/mol. The number of benzene rings is 2. The van der Waals surface area contributed by atoms with Gasteiger partial charge in [-0.3, -0.25) is 4.79 Å². The second kappa shape index (κ2) is 7.41. The Morgan fingerprint density at radius 3 is 2.81 bits per heavy atom. The highest BCUT2D eigenvalue weighted by atomic mass is 79.9. The molecule has 5 nitrogen and oxygen atoms in total. The van der Waals surface area contributed by atoms with E-state index >= 15 is 0 Å². The number of anilines is 1. The maximum absolute atomic E-state index is 12.5. The van der Waals surface area contributed by atoms with Crippen molar-refractivity contribution in [3.63, 3.8) is 0 Å². The van der Waals surface area contributed by atoms with Crippen LogP contribution in [0.5, 0.6) is 0 Å². The van der Waals surface area contributed by atoms with Crippen molar-refractivity contribution >= 4 is 27.5 Å². The molecule has 0 atom stereocenters. The number of carbonyl (C=O) groups excluding carboxylic acids is 1. The van der Waals surface area contributed by atoms with Crippen molar-refractivity contribution < 1.29 is 4.79 Å². The van der Waals surface area contributed by atoms with Gasteiger partial charge in [0.2, 0.25) is 0 Å². The highest BCUT2D eigenvalue weighted by molar-refractivity contribution is 9.10. The molecular formula is C20H19BrN4O. The minimum Gasteiger partial charge on any atom is -0.322 e. The van der Waals surface area contributed by atoms with Gasteiger partial charge in [0.25, 0.3) is 5.91 Å². The molecule has 2 heterocycles. The Balaban J connectivity index is 1.61. The van der Waals surface area contributed by atoms with E-state index in [-0.39, 0.29) is 5.91 Å².